The molecule has 1 aromatic heterocycles. The summed E-state index contributed by atoms with van der Waals surface area (Å²) in [5.74, 6) is 0.101. The van der Waals surface area contributed by atoms with E-state index in [1.165, 1.54) is 18.3 Å². The van der Waals surface area contributed by atoms with Crippen LogP contribution in [0.2, 0.25) is 5.02 Å². The minimum Gasteiger partial charge on any atom is -0.395 e. The first-order valence-electron chi connectivity index (χ1n) is 7.37. The van der Waals surface area contributed by atoms with E-state index in [2.05, 4.69) is 25.1 Å². The molecule has 0 fully saturated rings. The number of anilines is 1. The molecule has 1 aliphatic heterocycles. The summed E-state index contributed by atoms with van der Waals surface area (Å²) in [6, 6.07) is 5.46. The summed E-state index contributed by atoms with van der Waals surface area (Å²) in [7, 11) is 0. The molecule has 0 unspecified atom stereocenters. The summed E-state index contributed by atoms with van der Waals surface area (Å²) in [5, 5.41) is 5.46. The Morgan fingerprint density at radius 1 is 1.24 bits per heavy atom. The van der Waals surface area contributed by atoms with Crippen LogP contribution in [0.5, 0.6) is 11.5 Å². The lowest BCUT2D eigenvalue weighted by molar-refractivity contribution is -0.286. The number of urea groups is 1. The van der Waals surface area contributed by atoms with Crippen molar-refractivity contribution in [2.75, 3.05) is 5.32 Å². The Morgan fingerprint density at radius 3 is 2.52 bits per heavy atom. The fourth-order valence-corrected chi connectivity index (χ4v) is 2.50. The lowest BCUT2D eigenvalue weighted by Crippen LogP contribution is -2.34. The molecule has 2 N–H and O–H groups in total. The highest BCUT2D eigenvalue weighted by molar-refractivity contribution is 6.33. The Kier molecular flexibility index (Phi) is 4.38. The van der Waals surface area contributed by atoms with Crippen LogP contribution in [0, 0.1) is 0 Å². The summed E-state index contributed by atoms with van der Waals surface area (Å²) >= 11 is 6.13. The van der Waals surface area contributed by atoms with Crippen LogP contribution in [0.3, 0.4) is 0 Å². The number of hydrogen-bond donors (Lipinski definition) is 2. The van der Waals surface area contributed by atoms with Gasteiger partial charge in [-0.3, -0.25) is 5.32 Å². The van der Waals surface area contributed by atoms with Crippen molar-refractivity contribution < 1.29 is 23.0 Å². The molecule has 2 aromatic rings. The average Bonchev–Trinajstić information content (AvgIpc) is 2.79. The maximum absolute atomic E-state index is 13.1. The topological polar surface area (TPSA) is 72.5 Å². The third-order valence-corrected chi connectivity index (χ3v) is 3.54. The third kappa shape index (κ3) is 3.90. The summed E-state index contributed by atoms with van der Waals surface area (Å²) in [6.07, 6.45) is -2.24. The number of ether oxygens (including phenoxy) is 2. The minimum atomic E-state index is -3.71. The van der Waals surface area contributed by atoms with Gasteiger partial charge in [-0.25, -0.2) is 9.78 Å². The number of fused-ring (bicyclic) bond motifs is 1. The summed E-state index contributed by atoms with van der Waals surface area (Å²) in [6.45, 7) is 3.67. The molecule has 1 aromatic carbocycles. The Morgan fingerprint density at radius 2 is 1.92 bits per heavy atom. The molecule has 0 saturated heterocycles. The fraction of sp³-hybridized carbons (Fsp3) is 0.250. The Bertz CT molecular complexity index is 813. The molecule has 25 heavy (non-hydrogen) atoms. The second kappa shape index (κ2) is 6.36. The molecule has 9 heteroatoms. The van der Waals surface area contributed by atoms with Gasteiger partial charge in [0.15, 0.2) is 11.5 Å². The molecule has 0 spiro atoms. The highest BCUT2D eigenvalue weighted by atomic mass is 35.5. The number of benzene rings is 1. The number of pyridine rings is 1. The Balaban J connectivity index is 1.81. The molecule has 0 saturated carbocycles. The Labute approximate surface area is 147 Å². The maximum atomic E-state index is 13.1. The molecule has 0 aliphatic carbocycles. The SMILES string of the molecule is CC(C)NC(=O)Nc1ccc(-c2cc3c(cc2Cl)OC(F)(F)O3)cn1. The molecule has 0 atom stereocenters. The lowest BCUT2D eigenvalue weighted by Gasteiger charge is -2.10. The summed E-state index contributed by atoms with van der Waals surface area (Å²) in [4.78, 5) is 15.8. The summed E-state index contributed by atoms with van der Waals surface area (Å²) < 4.78 is 35.0. The van der Waals surface area contributed by atoms with Gasteiger partial charge in [-0.2, -0.15) is 0 Å². The standard InChI is InChI=1S/C16H14ClF2N3O3/c1-8(2)21-15(23)22-14-4-3-9(7-20-14)10-5-12-13(6-11(10)17)25-16(18,19)24-12/h3-8H,1-2H3,(H2,20,21,22,23). The molecular weight excluding hydrogens is 356 g/mol. The number of amides is 2. The quantitative estimate of drug-likeness (QED) is 0.848. The molecule has 0 bridgehead atoms. The number of carbonyl (C=O) groups excluding carboxylic acids is 1. The molecule has 1 aliphatic rings. The maximum Gasteiger partial charge on any atom is 0.586 e. The van der Waals surface area contributed by atoms with E-state index in [4.69, 9.17) is 11.6 Å². The predicted molar refractivity (Wildman–Crippen MR) is 88.2 cm³/mol. The number of carbonyl (C=O) groups is 1. The normalized spacial score (nSPS) is 14.5. The van der Waals surface area contributed by atoms with Crippen LogP contribution in [0.25, 0.3) is 11.1 Å². The van der Waals surface area contributed by atoms with E-state index in [-0.39, 0.29) is 28.6 Å². The van der Waals surface area contributed by atoms with Gasteiger partial charge < -0.3 is 14.8 Å². The average molecular weight is 370 g/mol. The third-order valence-electron chi connectivity index (χ3n) is 3.23. The van der Waals surface area contributed by atoms with Gasteiger partial charge in [0.25, 0.3) is 0 Å². The zero-order valence-corrected chi connectivity index (χ0v) is 14.0. The van der Waals surface area contributed by atoms with E-state index in [9.17, 15) is 13.6 Å². The van der Waals surface area contributed by atoms with E-state index in [0.717, 1.165) is 0 Å². The van der Waals surface area contributed by atoms with E-state index >= 15 is 0 Å². The predicted octanol–water partition coefficient (Wildman–Crippen LogP) is 4.25. The second-order valence-corrected chi connectivity index (χ2v) is 6.04. The number of halogens is 3. The number of rotatable bonds is 3. The van der Waals surface area contributed by atoms with Gasteiger partial charge in [0, 0.05) is 29.4 Å². The monoisotopic (exact) mass is 369 g/mol. The first kappa shape index (κ1) is 17.2. The van der Waals surface area contributed by atoms with Crippen LogP contribution >= 0.6 is 11.6 Å². The largest absolute Gasteiger partial charge is 0.586 e. The highest BCUT2D eigenvalue weighted by Crippen LogP contribution is 2.45. The van der Waals surface area contributed by atoms with Gasteiger partial charge in [0.1, 0.15) is 5.82 Å². The first-order chi connectivity index (χ1) is 11.7. The van der Waals surface area contributed by atoms with E-state index < -0.39 is 6.29 Å². The van der Waals surface area contributed by atoms with Crippen molar-refractivity contribution in [2.45, 2.75) is 26.2 Å². The van der Waals surface area contributed by atoms with E-state index in [1.54, 1.807) is 12.1 Å². The number of hydrogen-bond acceptors (Lipinski definition) is 4. The van der Waals surface area contributed by atoms with Gasteiger partial charge in [-0.1, -0.05) is 11.6 Å². The van der Waals surface area contributed by atoms with Crippen molar-refractivity contribution in [3.05, 3.63) is 35.5 Å². The van der Waals surface area contributed by atoms with Gasteiger partial charge in [-0.15, -0.1) is 8.78 Å². The zero-order valence-electron chi connectivity index (χ0n) is 13.3. The van der Waals surface area contributed by atoms with Crippen molar-refractivity contribution >= 4 is 23.4 Å². The van der Waals surface area contributed by atoms with Crippen molar-refractivity contribution in [3.63, 3.8) is 0 Å². The van der Waals surface area contributed by atoms with Crippen LogP contribution in [0.15, 0.2) is 30.5 Å². The molecule has 0 radical (unpaired) electrons. The lowest BCUT2D eigenvalue weighted by atomic mass is 10.1. The van der Waals surface area contributed by atoms with Gasteiger partial charge in [0.2, 0.25) is 0 Å². The van der Waals surface area contributed by atoms with Crippen molar-refractivity contribution in [1.82, 2.24) is 10.3 Å². The molecule has 132 valence electrons. The van der Waals surface area contributed by atoms with Crippen molar-refractivity contribution in [1.29, 1.82) is 0 Å². The minimum absolute atomic E-state index is 0.00941. The van der Waals surface area contributed by atoms with E-state index in [1.807, 2.05) is 13.8 Å². The van der Waals surface area contributed by atoms with Gasteiger partial charge >= 0.3 is 12.3 Å². The van der Waals surface area contributed by atoms with Crippen LogP contribution in [0.4, 0.5) is 19.4 Å². The summed E-state index contributed by atoms with van der Waals surface area (Å²) in [5.41, 5.74) is 1.02. The van der Waals surface area contributed by atoms with Crippen LogP contribution in [0.1, 0.15) is 13.8 Å². The van der Waals surface area contributed by atoms with Crippen molar-refractivity contribution in [3.8, 4) is 22.6 Å². The van der Waals surface area contributed by atoms with Crippen LogP contribution < -0.4 is 20.1 Å². The zero-order chi connectivity index (χ0) is 18.2. The van der Waals surface area contributed by atoms with Crippen molar-refractivity contribution in [2.24, 2.45) is 0 Å². The number of nitrogens with one attached hydrogen (secondary N) is 2. The molecular formula is C16H14ClF2N3O3. The second-order valence-electron chi connectivity index (χ2n) is 5.63. The van der Waals surface area contributed by atoms with Crippen LogP contribution in [-0.4, -0.2) is 23.4 Å². The smallest absolute Gasteiger partial charge is 0.395 e. The molecule has 2 amide bonds. The first-order valence-corrected chi connectivity index (χ1v) is 7.74. The Hall–Kier alpha value is -2.61. The number of alkyl halides is 2. The molecule has 6 nitrogen and oxygen atoms in total. The van der Waals surface area contributed by atoms with E-state index in [0.29, 0.717) is 16.9 Å². The van der Waals surface area contributed by atoms with Gasteiger partial charge in [0.05, 0.1) is 5.02 Å². The number of aromatic nitrogens is 1. The molecule has 3 rings (SSSR count). The van der Waals surface area contributed by atoms with Gasteiger partial charge in [-0.05, 0) is 32.0 Å². The molecule has 2 heterocycles. The fourth-order valence-electron chi connectivity index (χ4n) is 2.23. The van der Waals surface area contributed by atoms with Crippen LogP contribution in [-0.2, 0) is 0 Å². The number of nitrogens with zero attached hydrogens (tertiary/aromatic N) is 1. The highest BCUT2D eigenvalue weighted by Gasteiger charge is 2.43.